The van der Waals surface area contributed by atoms with Crippen molar-refractivity contribution in [2.75, 3.05) is 0 Å². The summed E-state index contributed by atoms with van der Waals surface area (Å²) in [5, 5.41) is 6.24. The van der Waals surface area contributed by atoms with Crippen LogP contribution in [0.3, 0.4) is 0 Å². The second kappa shape index (κ2) is 5.54. The fraction of sp³-hybridized carbons (Fsp3) is 0.438. The number of hydrogen-bond donors (Lipinski definition) is 1. The second-order valence-corrected chi connectivity index (χ2v) is 7.77. The van der Waals surface area contributed by atoms with Crippen LogP contribution in [0.5, 0.6) is 0 Å². The third-order valence-electron chi connectivity index (χ3n) is 4.11. The first-order valence-corrected chi connectivity index (χ1v) is 8.97. The van der Waals surface area contributed by atoms with Crippen LogP contribution in [0.2, 0.25) is 10.0 Å². The minimum Gasteiger partial charge on any atom is -0.301 e. The van der Waals surface area contributed by atoms with Crippen LogP contribution in [-0.2, 0) is 12.8 Å². The van der Waals surface area contributed by atoms with Gasteiger partial charge in [0, 0.05) is 21.0 Å². The topological polar surface area (TPSA) is 24.9 Å². The van der Waals surface area contributed by atoms with Crippen molar-refractivity contribution >= 4 is 34.5 Å². The number of rotatable bonds is 4. The van der Waals surface area contributed by atoms with E-state index >= 15 is 0 Å². The van der Waals surface area contributed by atoms with Crippen molar-refractivity contribution in [3.8, 4) is 0 Å². The van der Waals surface area contributed by atoms with Crippen molar-refractivity contribution in [1.29, 1.82) is 0 Å². The minimum atomic E-state index is 0.0952. The van der Waals surface area contributed by atoms with E-state index in [4.69, 9.17) is 28.2 Å². The highest BCUT2D eigenvalue weighted by atomic mass is 35.5. The van der Waals surface area contributed by atoms with Crippen LogP contribution in [0.25, 0.3) is 0 Å². The molecule has 0 radical (unpaired) electrons. The lowest BCUT2D eigenvalue weighted by atomic mass is 10.1. The van der Waals surface area contributed by atoms with E-state index in [0.717, 1.165) is 22.0 Å². The number of hydrogen-bond acceptors (Lipinski definition) is 3. The summed E-state index contributed by atoms with van der Waals surface area (Å²) in [6.07, 6.45) is 6.03. The molecule has 1 unspecified atom stereocenters. The normalized spacial score (nSPS) is 18.8. The van der Waals surface area contributed by atoms with Crippen molar-refractivity contribution in [2.45, 2.75) is 44.2 Å². The Morgan fingerprint density at radius 3 is 2.81 bits per heavy atom. The summed E-state index contributed by atoms with van der Waals surface area (Å²) in [6.45, 7) is 0. The lowest BCUT2D eigenvalue weighted by Crippen LogP contribution is -2.24. The Labute approximate surface area is 138 Å². The fourth-order valence-electron chi connectivity index (χ4n) is 2.85. The van der Waals surface area contributed by atoms with Gasteiger partial charge in [0.05, 0.1) is 11.7 Å². The molecule has 2 nitrogen and oxygen atoms in total. The summed E-state index contributed by atoms with van der Waals surface area (Å²) in [4.78, 5) is 6.33. The van der Waals surface area contributed by atoms with Gasteiger partial charge in [-0.25, -0.2) is 4.98 Å². The molecule has 2 aliphatic carbocycles. The molecule has 1 aromatic heterocycles. The van der Waals surface area contributed by atoms with E-state index in [1.54, 1.807) is 0 Å². The number of fused-ring (bicyclic) bond motifs is 1. The molecule has 0 amide bonds. The zero-order chi connectivity index (χ0) is 14.4. The molecule has 0 bridgehead atoms. The molecule has 1 fully saturated rings. The van der Waals surface area contributed by atoms with Crippen LogP contribution < -0.4 is 5.32 Å². The van der Waals surface area contributed by atoms with Crippen molar-refractivity contribution in [3.63, 3.8) is 0 Å². The maximum atomic E-state index is 6.42. The Kier molecular flexibility index (Phi) is 3.70. The van der Waals surface area contributed by atoms with Crippen molar-refractivity contribution < 1.29 is 0 Å². The summed E-state index contributed by atoms with van der Waals surface area (Å²) in [6, 6.07) is 6.45. The molecule has 1 N–H and O–H groups in total. The Morgan fingerprint density at radius 2 is 2.10 bits per heavy atom. The largest absolute Gasteiger partial charge is 0.301 e. The van der Waals surface area contributed by atoms with E-state index in [-0.39, 0.29) is 6.04 Å². The summed E-state index contributed by atoms with van der Waals surface area (Å²) < 4.78 is 0. The van der Waals surface area contributed by atoms with Crippen LogP contribution in [0.1, 0.15) is 46.4 Å². The first-order chi connectivity index (χ1) is 10.2. The lowest BCUT2D eigenvalue weighted by molar-refractivity contribution is 0.596. The fourth-order valence-corrected chi connectivity index (χ4v) is 4.60. The van der Waals surface area contributed by atoms with Gasteiger partial charge in [-0.15, -0.1) is 11.3 Å². The van der Waals surface area contributed by atoms with E-state index in [2.05, 4.69) is 5.32 Å². The quantitative estimate of drug-likeness (QED) is 0.867. The summed E-state index contributed by atoms with van der Waals surface area (Å²) in [5.41, 5.74) is 2.38. The molecule has 4 rings (SSSR count). The molecular formula is C16H16Cl2N2S. The predicted octanol–water partition coefficient (Wildman–Crippen LogP) is 4.78. The van der Waals surface area contributed by atoms with Gasteiger partial charge in [0.1, 0.15) is 5.01 Å². The number of thiazole rings is 1. The number of aromatic nitrogens is 1. The summed E-state index contributed by atoms with van der Waals surface area (Å²) >= 11 is 14.3. The number of aryl methyl sites for hydroxylation is 2. The highest BCUT2D eigenvalue weighted by molar-refractivity contribution is 7.11. The average Bonchev–Trinajstić information content (AvgIpc) is 3.00. The van der Waals surface area contributed by atoms with Crippen LogP contribution in [-0.4, -0.2) is 11.0 Å². The van der Waals surface area contributed by atoms with E-state index in [9.17, 15) is 0 Å². The minimum absolute atomic E-state index is 0.0952. The van der Waals surface area contributed by atoms with Gasteiger partial charge in [0.15, 0.2) is 0 Å². The van der Waals surface area contributed by atoms with E-state index in [1.807, 2.05) is 29.5 Å². The number of benzene rings is 1. The van der Waals surface area contributed by atoms with E-state index < -0.39 is 0 Å². The van der Waals surface area contributed by atoms with Gasteiger partial charge in [0.2, 0.25) is 0 Å². The number of nitrogens with zero attached hydrogens (tertiary/aromatic N) is 1. The van der Waals surface area contributed by atoms with Crippen molar-refractivity contribution in [2.24, 2.45) is 0 Å². The zero-order valence-electron chi connectivity index (χ0n) is 11.5. The Bertz CT molecular complexity index is 657. The molecule has 110 valence electrons. The highest BCUT2D eigenvalue weighted by Gasteiger charge is 2.30. The Balaban J connectivity index is 1.72. The van der Waals surface area contributed by atoms with E-state index in [1.165, 1.54) is 36.3 Å². The molecule has 2 aliphatic rings. The lowest BCUT2D eigenvalue weighted by Gasteiger charge is -2.18. The predicted molar refractivity (Wildman–Crippen MR) is 88.6 cm³/mol. The summed E-state index contributed by atoms with van der Waals surface area (Å²) in [7, 11) is 0. The molecule has 1 atom stereocenters. The standard InChI is InChI=1S/C16H16Cl2N2S/c17-9-4-7-11(12(18)8-9)15(19-10-5-6-10)16-20-13-2-1-3-14(13)21-16/h4,7-8,10,15,19H,1-3,5-6H2. The van der Waals surface area contributed by atoms with Crippen molar-refractivity contribution in [1.82, 2.24) is 10.3 Å². The molecule has 1 aromatic carbocycles. The van der Waals surface area contributed by atoms with Crippen LogP contribution in [0.15, 0.2) is 18.2 Å². The Morgan fingerprint density at radius 1 is 1.24 bits per heavy atom. The molecule has 1 heterocycles. The van der Waals surface area contributed by atoms with Gasteiger partial charge < -0.3 is 5.32 Å². The molecule has 21 heavy (non-hydrogen) atoms. The molecule has 2 aromatic rings. The van der Waals surface area contributed by atoms with Crippen LogP contribution >= 0.6 is 34.5 Å². The van der Waals surface area contributed by atoms with Gasteiger partial charge >= 0.3 is 0 Å². The number of nitrogens with one attached hydrogen (secondary N) is 1. The number of halogens is 2. The maximum absolute atomic E-state index is 6.42. The summed E-state index contributed by atoms with van der Waals surface area (Å²) in [5.74, 6) is 0. The maximum Gasteiger partial charge on any atom is 0.115 e. The van der Waals surface area contributed by atoms with Gasteiger partial charge in [-0.1, -0.05) is 29.3 Å². The smallest absolute Gasteiger partial charge is 0.115 e. The molecular weight excluding hydrogens is 323 g/mol. The molecule has 1 saturated carbocycles. The Hall–Kier alpha value is -0.610. The highest BCUT2D eigenvalue weighted by Crippen LogP contribution is 2.38. The average molecular weight is 339 g/mol. The second-order valence-electron chi connectivity index (χ2n) is 5.82. The molecule has 0 spiro atoms. The van der Waals surface area contributed by atoms with Crippen molar-refractivity contribution in [3.05, 3.63) is 49.4 Å². The van der Waals surface area contributed by atoms with E-state index in [0.29, 0.717) is 11.1 Å². The van der Waals surface area contributed by atoms with Gasteiger partial charge in [-0.2, -0.15) is 0 Å². The third kappa shape index (κ3) is 2.85. The van der Waals surface area contributed by atoms with Gasteiger partial charge in [-0.05, 0) is 49.8 Å². The SMILES string of the molecule is Clc1ccc(C(NC2CC2)c2nc3c(s2)CCC3)c(Cl)c1. The molecule has 5 heteroatoms. The van der Waals surface area contributed by atoms with Gasteiger partial charge in [0.25, 0.3) is 0 Å². The monoisotopic (exact) mass is 338 g/mol. The molecule has 0 aliphatic heterocycles. The first kappa shape index (κ1) is 14.0. The zero-order valence-corrected chi connectivity index (χ0v) is 13.9. The molecule has 0 saturated heterocycles. The van der Waals surface area contributed by atoms with Crippen LogP contribution in [0, 0.1) is 0 Å². The third-order valence-corrected chi connectivity index (χ3v) is 5.90. The van der Waals surface area contributed by atoms with Gasteiger partial charge in [-0.3, -0.25) is 0 Å². The van der Waals surface area contributed by atoms with Crippen LogP contribution in [0.4, 0.5) is 0 Å². The first-order valence-electron chi connectivity index (χ1n) is 7.40.